The Hall–Kier alpha value is -1.92. The third kappa shape index (κ3) is 4.55. The van der Waals surface area contributed by atoms with Crippen LogP contribution in [0.25, 0.3) is 0 Å². The Balaban J connectivity index is 1.43. The van der Waals surface area contributed by atoms with Crippen LogP contribution in [0.15, 0.2) is 53.1 Å². The molecule has 1 amide bonds. The van der Waals surface area contributed by atoms with E-state index < -0.39 is 0 Å². The van der Waals surface area contributed by atoms with Crippen molar-refractivity contribution in [2.24, 2.45) is 0 Å². The van der Waals surface area contributed by atoms with Crippen LogP contribution in [0.2, 0.25) is 0 Å². The van der Waals surface area contributed by atoms with Crippen LogP contribution in [0.3, 0.4) is 0 Å². The van der Waals surface area contributed by atoms with E-state index in [4.69, 9.17) is 9.47 Å². The van der Waals surface area contributed by atoms with Crippen LogP contribution in [0.1, 0.15) is 12.0 Å². The molecule has 2 heterocycles. The van der Waals surface area contributed by atoms with E-state index in [9.17, 15) is 4.79 Å². The number of hydrogen-bond donors (Lipinski definition) is 0. The van der Waals surface area contributed by atoms with E-state index in [2.05, 4.69) is 20.9 Å². The van der Waals surface area contributed by atoms with E-state index in [-0.39, 0.29) is 18.6 Å². The van der Waals surface area contributed by atoms with Crippen molar-refractivity contribution in [3.63, 3.8) is 0 Å². The van der Waals surface area contributed by atoms with Gasteiger partial charge in [-0.2, -0.15) is 0 Å². The van der Waals surface area contributed by atoms with Crippen LogP contribution in [-0.2, 0) is 16.1 Å². The maximum atomic E-state index is 12.2. The highest BCUT2D eigenvalue weighted by atomic mass is 79.9. The third-order valence-corrected chi connectivity index (χ3v) is 4.44. The van der Waals surface area contributed by atoms with E-state index in [0.717, 1.165) is 16.5 Å². The molecule has 3 rings (SSSR count). The Morgan fingerprint density at radius 3 is 2.88 bits per heavy atom. The number of benzene rings is 1. The molecule has 1 aliphatic heterocycles. The number of pyridine rings is 1. The summed E-state index contributed by atoms with van der Waals surface area (Å²) in [5.41, 5.74) is 1.06. The SMILES string of the molecule is O=C(COCc1ccccc1)N1CC[C@H](Oc2ncccc2Br)C1. The average Bonchev–Trinajstić information content (AvgIpc) is 3.07. The summed E-state index contributed by atoms with van der Waals surface area (Å²) in [6.45, 7) is 1.79. The summed E-state index contributed by atoms with van der Waals surface area (Å²) in [7, 11) is 0. The molecule has 1 atom stereocenters. The molecule has 1 fully saturated rings. The molecule has 2 aromatic rings. The van der Waals surface area contributed by atoms with Crippen molar-refractivity contribution in [2.75, 3.05) is 19.7 Å². The van der Waals surface area contributed by atoms with Crippen LogP contribution < -0.4 is 4.74 Å². The second kappa shape index (κ2) is 8.26. The molecule has 0 N–H and O–H groups in total. The first-order chi connectivity index (χ1) is 11.7. The summed E-state index contributed by atoms with van der Waals surface area (Å²) >= 11 is 3.42. The Morgan fingerprint density at radius 2 is 2.08 bits per heavy atom. The molecule has 1 aromatic heterocycles. The van der Waals surface area contributed by atoms with Crippen molar-refractivity contribution < 1.29 is 14.3 Å². The van der Waals surface area contributed by atoms with Crippen molar-refractivity contribution in [2.45, 2.75) is 19.1 Å². The number of aromatic nitrogens is 1. The van der Waals surface area contributed by atoms with Gasteiger partial charge in [-0.1, -0.05) is 30.3 Å². The van der Waals surface area contributed by atoms with Crippen molar-refractivity contribution in [1.82, 2.24) is 9.88 Å². The molecule has 24 heavy (non-hydrogen) atoms. The Bertz CT molecular complexity index is 681. The Kier molecular flexibility index (Phi) is 5.82. The molecule has 1 aliphatic rings. The summed E-state index contributed by atoms with van der Waals surface area (Å²) in [6.07, 6.45) is 2.46. The Morgan fingerprint density at radius 1 is 1.25 bits per heavy atom. The topological polar surface area (TPSA) is 51.7 Å². The lowest BCUT2D eigenvalue weighted by molar-refractivity contribution is -0.135. The summed E-state index contributed by atoms with van der Waals surface area (Å²) < 4.78 is 12.2. The van der Waals surface area contributed by atoms with E-state index in [1.165, 1.54) is 0 Å². The number of likely N-dealkylation sites (tertiary alicyclic amines) is 1. The minimum atomic E-state index is -0.0331. The fraction of sp³-hybridized carbons (Fsp3) is 0.333. The predicted molar refractivity (Wildman–Crippen MR) is 93.6 cm³/mol. The standard InChI is InChI=1S/C18H19BrN2O3/c19-16-7-4-9-20-18(16)24-15-8-10-21(11-15)17(22)13-23-12-14-5-2-1-3-6-14/h1-7,9,15H,8,10-13H2/t15-/m0/s1. The van der Waals surface area contributed by atoms with Crippen LogP contribution in [0, 0.1) is 0 Å². The summed E-state index contributed by atoms with van der Waals surface area (Å²) in [5, 5.41) is 0. The molecule has 0 radical (unpaired) electrons. The molecule has 1 aromatic carbocycles. The van der Waals surface area contributed by atoms with Crippen LogP contribution in [0.5, 0.6) is 5.88 Å². The highest BCUT2D eigenvalue weighted by Gasteiger charge is 2.28. The zero-order chi connectivity index (χ0) is 16.8. The fourth-order valence-corrected chi connectivity index (χ4v) is 2.94. The second-order valence-electron chi connectivity index (χ2n) is 5.64. The quantitative estimate of drug-likeness (QED) is 0.760. The second-order valence-corrected chi connectivity index (χ2v) is 6.49. The first kappa shape index (κ1) is 16.9. The lowest BCUT2D eigenvalue weighted by Gasteiger charge is -2.17. The smallest absolute Gasteiger partial charge is 0.248 e. The molecular weight excluding hydrogens is 372 g/mol. The first-order valence-electron chi connectivity index (χ1n) is 7.89. The molecule has 6 heteroatoms. The fourth-order valence-electron chi connectivity index (χ4n) is 2.59. The number of hydrogen-bond acceptors (Lipinski definition) is 4. The van der Waals surface area contributed by atoms with Crippen molar-refractivity contribution in [3.8, 4) is 5.88 Å². The lowest BCUT2D eigenvalue weighted by Crippen LogP contribution is -2.33. The minimum absolute atomic E-state index is 0.00267. The molecule has 0 spiro atoms. The summed E-state index contributed by atoms with van der Waals surface area (Å²) in [4.78, 5) is 18.2. The zero-order valence-electron chi connectivity index (χ0n) is 13.2. The highest BCUT2D eigenvalue weighted by molar-refractivity contribution is 9.10. The van der Waals surface area contributed by atoms with Crippen molar-refractivity contribution in [3.05, 3.63) is 58.7 Å². The van der Waals surface area contributed by atoms with Gasteiger partial charge in [-0.25, -0.2) is 4.98 Å². The van der Waals surface area contributed by atoms with E-state index in [1.54, 1.807) is 11.1 Å². The van der Waals surface area contributed by atoms with Crippen LogP contribution in [0.4, 0.5) is 0 Å². The maximum absolute atomic E-state index is 12.2. The van der Waals surface area contributed by atoms with Gasteiger partial charge in [0.25, 0.3) is 0 Å². The van der Waals surface area contributed by atoms with Gasteiger partial charge in [-0.05, 0) is 33.6 Å². The molecule has 0 bridgehead atoms. The highest BCUT2D eigenvalue weighted by Crippen LogP contribution is 2.24. The van der Waals surface area contributed by atoms with Crippen molar-refractivity contribution >= 4 is 21.8 Å². The lowest BCUT2D eigenvalue weighted by atomic mass is 10.2. The van der Waals surface area contributed by atoms with E-state index in [1.807, 2.05) is 42.5 Å². The predicted octanol–water partition coefficient (Wildman–Crippen LogP) is 3.04. The van der Waals surface area contributed by atoms with Crippen LogP contribution in [-0.4, -0.2) is 41.6 Å². The van der Waals surface area contributed by atoms with Gasteiger partial charge in [0.15, 0.2) is 0 Å². The number of ether oxygens (including phenoxy) is 2. The normalized spacial score (nSPS) is 17.0. The molecule has 0 unspecified atom stereocenters. The van der Waals surface area contributed by atoms with Crippen LogP contribution >= 0.6 is 15.9 Å². The first-order valence-corrected chi connectivity index (χ1v) is 8.68. The van der Waals surface area contributed by atoms with Crippen molar-refractivity contribution in [1.29, 1.82) is 0 Å². The van der Waals surface area contributed by atoms with E-state index >= 15 is 0 Å². The molecular formula is C18H19BrN2O3. The largest absolute Gasteiger partial charge is 0.472 e. The maximum Gasteiger partial charge on any atom is 0.248 e. The minimum Gasteiger partial charge on any atom is -0.472 e. The van der Waals surface area contributed by atoms with Gasteiger partial charge in [0, 0.05) is 19.2 Å². The van der Waals surface area contributed by atoms with Gasteiger partial charge in [0.2, 0.25) is 11.8 Å². The van der Waals surface area contributed by atoms with Gasteiger partial charge in [0.05, 0.1) is 17.6 Å². The average molecular weight is 391 g/mol. The molecule has 0 saturated carbocycles. The number of halogens is 1. The van der Waals surface area contributed by atoms with Gasteiger partial charge in [0.1, 0.15) is 12.7 Å². The monoisotopic (exact) mass is 390 g/mol. The number of amides is 1. The van der Waals surface area contributed by atoms with Gasteiger partial charge in [-0.3, -0.25) is 4.79 Å². The molecule has 1 saturated heterocycles. The number of carbonyl (C=O) groups is 1. The van der Waals surface area contributed by atoms with Gasteiger partial charge < -0.3 is 14.4 Å². The molecule has 126 valence electrons. The zero-order valence-corrected chi connectivity index (χ0v) is 14.8. The molecule has 5 nitrogen and oxygen atoms in total. The van der Waals surface area contributed by atoms with E-state index in [0.29, 0.717) is 25.6 Å². The Labute approximate surface area is 149 Å². The third-order valence-electron chi connectivity index (χ3n) is 3.84. The number of rotatable bonds is 6. The molecule has 0 aliphatic carbocycles. The van der Waals surface area contributed by atoms with Gasteiger partial charge >= 0.3 is 0 Å². The van der Waals surface area contributed by atoms with Gasteiger partial charge in [-0.15, -0.1) is 0 Å². The number of carbonyl (C=O) groups excluding carboxylic acids is 1. The number of nitrogens with zero attached hydrogens (tertiary/aromatic N) is 2. The summed E-state index contributed by atoms with van der Waals surface area (Å²) in [5.74, 6) is 0.564. The summed E-state index contributed by atoms with van der Waals surface area (Å²) in [6, 6.07) is 13.6.